The lowest BCUT2D eigenvalue weighted by molar-refractivity contribution is -0.120. The van der Waals surface area contributed by atoms with E-state index in [1.54, 1.807) is 12.4 Å². The summed E-state index contributed by atoms with van der Waals surface area (Å²) in [4.78, 5) is 16.1. The molecule has 1 unspecified atom stereocenters. The van der Waals surface area contributed by atoms with Gasteiger partial charge in [0.25, 0.3) is 0 Å². The Morgan fingerprint density at radius 1 is 1.35 bits per heavy atom. The second kappa shape index (κ2) is 5.95. The largest absolute Gasteiger partial charge is 0.299 e. The van der Waals surface area contributed by atoms with Crippen molar-refractivity contribution < 1.29 is 4.79 Å². The smallest absolute Gasteiger partial charge is 0.140 e. The summed E-state index contributed by atoms with van der Waals surface area (Å²) in [6, 6.07) is 3.89. The van der Waals surface area contributed by atoms with E-state index in [0.717, 1.165) is 24.3 Å². The Balaban J connectivity index is 1.83. The molecule has 2 nitrogen and oxygen atoms in total. The number of carbonyl (C=O) groups excluding carboxylic acids is 1. The summed E-state index contributed by atoms with van der Waals surface area (Å²) in [5.41, 5.74) is 1.09. The highest BCUT2D eigenvalue weighted by molar-refractivity contribution is 5.85. The van der Waals surface area contributed by atoms with Gasteiger partial charge in [-0.05, 0) is 30.0 Å². The van der Waals surface area contributed by atoms with Crippen LogP contribution in [0, 0.1) is 5.92 Å². The average molecular weight is 231 g/mol. The Labute approximate surface area is 103 Å². The van der Waals surface area contributed by atoms with E-state index in [2.05, 4.69) is 4.98 Å². The first kappa shape index (κ1) is 12.3. The minimum Gasteiger partial charge on any atom is -0.299 e. The Morgan fingerprint density at radius 2 is 2.00 bits per heavy atom. The molecule has 2 heteroatoms. The third kappa shape index (κ3) is 3.39. The van der Waals surface area contributed by atoms with Crippen LogP contribution in [0.15, 0.2) is 24.5 Å². The molecule has 1 aromatic heterocycles. The lowest BCUT2D eigenvalue weighted by Crippen LogP contribution is -2.10. The molecular formula is C15H21NO. The standard InChI is InChI=1S/C15H21NO/c1-12(14-8-10-16-11-9-14)15(17)7-6-13-4-2-3-5-13/h8-13H,2-7H2,1H3. The van der Waals surface area contributed by atoms with Crippen LogP contribution in [-0.2, 0) is 4.79 Å². The molecule has 1 fully saturated rings. The Bertz CT molecular complexity index is 354. The molecule has 2 rings (SSSR count). The van der Waals surface area contributed by atoms with Crippen LogP contribution < -0.4 is 0 Å². The van der Waals surface area contributed by atoms with Gasteiger partial charge in [-0.1, -0.05) is 32.6 Å². The van der Waals surface area contributed by atoms with Crippen LogP contribution in [0.1, 0.15) is 56.9 Å². The quantitative estimate of drug-likeness (QED) is 0.773. The topological polar surface area (TPSA) is 30.0 Å². The number of ketones is 1. The molecule has 1 aliphatic carbocycles. The first-order valence-electron chi connectivity index (χ1n) is 6.70. The van der Waals surface area contributed by atoms with Gasteiger partial charge >= 0.3 is 0 Å². The number of rotatable bonds is 5. The van der Waals surface area contributed by atoms with E-state index >= 15 is 0 Å². The van der Waals surface area contributed by atoms with E-state index in [0.29, 0.717) is 5.78 Å². The predicted octanol–water partition coefficient (Wildman–Crippen LogP) is 3.72. The molecule has 1 atom stereocenters. The van der Waals surface area contributed by atoms with Gasteiger partial charge < -0.3 is 0 Å². The van der Waals surface area contributed by atoms with Crippen LogP contribution in [0.2, 0.25) is 0 Å². The number of hydrogen-bond donors (Lipinski definition) is 0. The van der Waals surface area contributed by atoms with Crippen LogP contribution in [0.25, 0.3) is 0 Å². The van der Waals surface area contributed by atoms with Crippen LogP contribution >= 0.6 is 0 Å². The summed E-state index contributed by atoms with van der Waals surface area (Å²) < 4.78 is 0. The first-order chi connectivity index (χ1) is 8.27. The molecule has 1 aromatic rings. The van der Waals surface area contributed by atoms with Crippen molar-refractivity contribution in [3.63, 3.8) is 0 Å². The van der Waals surface area contributed by atoms with Crippen molar-refractivity contribution >= 4 is 5.78 Å². The number of aromatic nitrogens is 1. The van der Waals surface area contributed by atoms with E-state index in [1.807, 2.05) is 19.1 Å². The number of carbonyl (C=O) groups is 1. The molecular weight excluding hydrogens is 210 g/mol. The maximum atomic E-state index is 12.1. The maximum absolute atomic E-state index is 12.1. The summed E-state index contributed by atoms with van der Waals surface area (Å²) in [6.07, 6.45) is 10.7. The van der Waals surface area contributed by atoms with Gasteiger partial charge in [0.1, 0.15) is 5.78 Å². The zero-order valence-corrected chi connectivity index (χ0v) is 10.6. The average Bonchev–Trinajstić information content (AvgIpc) is 2.89. The number of nitrogens with zero attached hydrogens (tertiary/aromatic N) is 1. The van der Waals surface area contributed by atoms with Crippen LogP contribution in [0.5, 0.6) is 0 Å². The first-order valence-corrected chi connectivity index (χ1v) is 6.70. The molecule has 92 valence electrons. The van der Waals surface area contributed by atoms with Gasteiger partial charge in [0, 0.05) is 24.7 Å². The van der Waals surface area contributed by atoms with E-state index < -0.39 is 0 Å². The van der Waals surface area contributed by atoms with Crippen LogP contribution in [0.3, 0.4) is 0 Å². The molecule has 0 aromatic carbocycles. The van der Waals surface area contributed by atoms with E-state index in [1.165, 1.54) is 25.7 Å². The Kier molecular flexibility index (Phi) is 4.29. The second-order valence-electron chi connectivity index (χ2n) is 5.16. The van der Waals surface area contributed by atoms with Crippen molar-refractivity contribution in [3.8, 4) is 0 Å². The fourth-order valence-corrected chi connectivity index (χ4v) is 2.70. The molecule has 0 bridgehead atoms. The molecule has 0 N–H and O–H groups in total. The van der Waals surface area contributed by atoms with Crippen molar-refractivity contribution in [1.29, 1.82) is 0 Å². The Hall–Kier alpha value is -1.18. The summed E-state index contributed by atoms with van der Waals surface area (Å²) in [6.45, 7) is 2.01. The van der Waals surface area contributed by atoms with Gasteiger partial charge in [0.05, 0.1) is 0 Å². The van der Waals surface area contributed by atoms with Crippen molar-refractivity contribution in [2.75, 3.05) is 0 Å². The van der Waals surface area contributed by atoms with Gasteiger partial charge in [-0.15, -0.1) is 0 Å². The molecule has 0 radical (unpaired) electrons. The highest BCUT2D eigenvalue weighted by atomic mass is 16.1. The van der Waals surface area contributed by atoms with Crippen LogP contribution in [0.4, 0.5) is 0 Å². The van der Waals surface area contributed by atoms with Gasteiger partial charge in [-0.3, -0.25) is 9.78 Å². The summed E-state index contributed by atoms with van der Waals surface area (Å²) in [5.74, 6) is 1.21. The molecule has 0 aliphatic heterocycles. The third-order valence-electron chi connectivity index (χ3n) is 3.96. The van der Waals surface area contributed by atoms with Gasteiger partial charge in [-0.25, -0.2) is 0 Å². The monoisotopic (exact) mass is 231 g/mol. The summed E-state index contributed by atoms with van der Waals surface area (Å²) >= 11 is 0. The zero-order chi connectivity index (χ0) is 12.1. The maximum Gasteiger partial charge on any atom is 0.140 e. The number of hydrogen-bond acceptors (Lipinski definition) is 2. The highest BCUT2D eigenvalue weighted by Crippen LogP contribution is 2.29. The van der Waals surface area contributed by atoms with Gasteiger partial charge in [0.2, 0.25) is 0 Å². The third-order valence-corrected chi connectivity index (χ3v) is 3.96. The number of Topliss-reactive ketones (excluding diaryl/α,β-unsaturated/α-hetero) is 1. The lowest BCUT2D eigenvalue weighted by atomic mass is 9.91. The van der Waals surface area contributed by atoms with Gasteiger partial charge in [0.15, 0.2) is 0 Å². The second-order valence-corrected chi connectivity index (χ2v) is 5.16. The molecule has 1 saturated carbocycles. The minimum atomic E-state index is 0.0272. The van der Waals surface area contributed by atoms with Crippen molar-refractivity contribution in [3.05, 3.63) is 30.1 Å². The SMILES string of the molecule is CC(C(=O)CCC1CCCC1)c1ccncc1. The fraction of sp³-hybridized carbons (Fsp3) is 0.600. The molecule has 17 heavy (non-hydrogen) atoms. The summed E-state index contributed by atoms with van der Waals surface area (Å²) in [7, 11) is 0. The van der Waals surface area contributed by atoms with Crippen LogP contribution in [-0.4, -0.2) is 10.8 Å². The highest BCUT2D eigenvalue weighted by Gasteiger charge is 2.19. The Morgan fingerprint density at radius 3 is 2.65 bits per heavy atom. The fourth-order valence-electron chi connectivity index (χ4n) is 2.70. The molecule has 0 amide bonds. The normalized spacial score (nSPS) is 18.2. The molecule has 1 aliphatic rings. The van der Waals surface area contributed by atoms with E-state index in [9.17, 15) is 4.79 Å². The number of pyridine rings is 1. The summed E-state index contributed by atoms with van der Waals surface area (Å²) in [5, 5.41) is 0. The minimum absolute atomic E-state index is 0.0272. The van der Waals surface area contributed by atoms with Crippen molar-refractivity contribution in [2.45, 2.75) is 51.4 Å². The zero-order valence-electron chi connectivity index (χ0n) is 10.6. The van der Waals surface area contributed by atoms with E-state index in [4.69, 9.17) is 0 Å². The molecule has 0 spiro atoms. The predicted molar refractivity (Wildman–Crippen MR) is 68.9 cm³/mol. The molecule has 0 saturated heterocycles. The van der Waals surface area contributed by atoms with Crippen molar-refractivity contribution in [1.82, 2.24) is 4.98 Å². The lowest BCUT2D eigenvalue weighted by Gasteiger charge is -2.12. The van der Waals surface area contributed by atoms with Gasteiger partial charge in [-0.2, -0.15) is 0 Å². The van der Waals surface area contributed by atoms with E-state index in [-0.39, 0.29) is 5.92 Å². The van der Waals surface area contributed by atoms with Crippen molar-refractivity contribution in [2.24, 2.45) is 5.92 Å². The molecule has 1 heterocycles.